The number of phenolic OH excluding ortho intramolecular Hbond substituents is 1. The monoisotopic (exact) mass is 454 g/mol. The van der Waals surface area contributed by atoms with E-state index in [2.05, 4.69) is 27.9 Å². The molecular formula is C25H34N4O4. The zero-order chi connectivity index (χ0) is 23.4. The first kappa shape index (κ1) is 23.4. The molecule has 2 aromatic carbocycles. The summed E-state index contributed by atoms with van der Waals surface area (Å²) in [6.45, 7) is 5.66. The molecule has 0 aromatic heterocycles. The van der Waals surface area contributed by atoms with E-state index < -0.39 is 0 Å². The van der Waals surface area contributed by atoms with Crippen molar-refractivity contribution in [1.82, 2.24) is 15.8 Å². The van der Waals surface area contributed by atoms with Crippen LogP contribution in [0.3, 0.4) is 0 Å². The molecule has 178 valence electrons. The molecule has 2 atom stereocenters. The molecule has 1 amide bonds. The predicted octanol–water partition coefficient (Wildman–Crippen LogP) is 2.22. The van der Waals surface area contributed by atoms with E-state index >= 15 is 0 Å². The highest BCUT2D eigenvalue weighted by Crippen LogP contribution is 2.41. The highest BCUT2D eigenvalue weighted by molar-refractivity contribution is 5.76. The standard InChI is InChI=1S/C25H34N4O4/c1-16-22(33-14-13-29-11-9-18(10-12-29)25(26)31)8-7-20(24(16)30)23-21(15-27-28-23)17-3-5-19(32-2)6-4-17/h3-8,18,21,23,27-28,30H,9-15H2,1-2H3,(H2,26,31). The van der Waals surface area contributed by atoms with E-state index in [0.29, 0.717) is 12.4 Å². The maximum Gasteiger partial charge on any atom is 0.220 e. The number of benzene rings is 2. The number of carbonyl (C=O) groups is 1. The number of ether oxygens (including phenoxy) is 2. The van der Waals surface area contributed by atoms with E-state index in [1.807, 2.05) is 31.2 Å². The molecule has 0 spiro atoms. The molecule has 2 fully saturated rings. The van der Waals surface area contributed by atoms with E-state index in [9.17, 15) is 9.90 Å². The number of hydrazine groups is 1. The third-order valence-corrected chi connectivity index (χ3v) is 6.93. The smallest absolute Gasteiger partial charge is 0.220 e. The Morgan fingerprint density at radius 1 is 1.18 bits per heavy atom. The fraction of sp³-hybridized carbons (Fsp3) is 0.480. The third kappa shape index (κ3) is 5.24. The van der Waals surface area contributed by atoms with Crippen molar-refractivity contribution in [1.29, 1.82) is 0 Å². The Labute approximate surface area is 195 Å². The molecule has 2 heterocycles. The minimum absolute atomic E-state index is 0.00525. The van der Waals surface area contributed by atoms with E-state index in [-0.39, 0.29) is 29.5 Å². The first-order valence-corrected chi connectivity index (χ1v) is 11.6. The number of primary amides is 1. The molecule has 2 saturated heterocycles. The minimum atomic E-state index is -0.196. The number of amides is 1. The van der Waals surface area contributed by atoms with Crippen LogP contribution in [0.4, 0.5) is 0 Å². The molecule has 2 aliphatic rings. The van der Waals surface area contributed by atoms with Crippen LogP contribution in [0, 0.1) is 12.8 Å². The number of rotatable bonds is 8. The molecule has 5 N–H and O–H groups in total. The number of nitrogens with zero attached hydrogens (tertiary/aromatic N) is 1. The molecule has 0 bridgehead atoms. The second-order valence-corrected chi connectivity index (χ2v) is 8.88. The fourth-order valence-corrected chi connectivity index (χ4v) is 4.79. The second kappa shape index (κ2) is 10.4. The molecule has 33 heavy (non-hydrogen) atoms. The van der Waals surface area contributed by atoms with E-state index in [0.717, 1.165) is 55.9 Å². The van der Waals surface area contributed by atoms with Crippen LogP contribution in [0.15, 0.2) is 36.4 Å². The number of methoxy groups -OCH3 is 1. The van der Waals surface area contributed by atoms with Gasteiger partial charge in [0.25, 0.3) is 0 Å². The quantitative estimate of drug-likeness (QED) is 0.484. The van der Waals surface area contributed by atoms with Crippen molar-refractivity contribution in [2.24, 2.45) is 11.7 Å². The molecule has 2 aliphatic heterocycles. The number of carbonyl (C=O) groups excluding carboxylic acids is 1. The lowest BCUT2D eigenvalue weighted by Crippen LogP contribution is -2.40. The van der Waals surface area contributed by atoms with Crippen molar-refractivity contribution in [3.8, 4) is 17.2 Å². The molecule has 8 heteroatoms. The van der Waals surface area contributed by atoms with Gasteiger partial charge >= 0.3 is 0 Å². The van der Waals surface area contributed by atoms with E-state index in [4.69, 9.17) is 15.2 Å². The van der Waals surface area contributed by atoms with Crippen LogP contribution in [0.5, 0.6) is 17.2 Å². The van der Waals surface area contributed by atoms with Crippen molar-refractivity contribution in [3.63, 3.8) is 0 Å². The van der Waals surface area contributed by atoms with Crippen LogP contribution >= 0.6 is 0 Å². The van der Waals surface area contributed by atoms with Gasteiger partial charge in [-0.3, -0.25) is 15.1 Å². The lowest BCUT2D eigenvalue weighted by Gasteiger charge is -2.30. The first-order valence-electron chi connectivity index (χ1n) is 11.6. The van der Waals surface area contributed by atoms with Crippen molar-refractivity contribution < 1.29 is 19.4 Å². The number of piperidine rings is 1. The summed E-state index contributed by atoms with van der Waals surface area (Å²) in [4.78, 5) is 13.6. The zero-order valence-electron chi connectivity index (χ0n) is 19.3. The summed E-state index contributed by atoms with van der Waals surface area (Å²) in [6.07, 6.45) is 1.61. The van der Waals surface area contributed by atoms with Gasteiger partial charge in [0.1, 0.15) is 23.9 Å². The van der Waals surface area contributed by atoms with Crippen LogP contribution < -0.4 is 26.1 Å². The molecule has 0 aliphatic carbocycles. The summed E-state index contributed by atoms with van der Waals surface area (Å²) in [7, 11) is 1.66. The summed E-state index contributed by atoms with van der Waals surface area (Å²) in [5, 5.41) is 11.0. The number of hydrogen-bond acceptors (Lipinski definition) is 7. The van der Waals surface area contributed by atoms with Crippen LogP contribution in [-0.2, 0) is 4.79 Å². The number of hydrogen-bond donors (Lipinski definition) is 4. The topological polar surface area (TPSA) is 109 Å². The van der Waals surface area contributed by atoms with Crippen molar-refractivity contribution in [3.05, 3.63) is 53.1 Å². The number of nitrogens with two attached hydrogens (primary N) is 1. The molecule has 4 rings (SSSR count). The van der Waals surface area contributed by atoms with Gasteiger partial charge in [-0.25, -0.2) is 5.43 Å². The molecule has 0 saturated carbocycles. The molecule has 8 nitrogen and oxygen atoms in total. The third-order valence-electron chi connectivity index (χ3n) is 6.93. The Balaban J connectivity index is 1.38. The number of phenols is 1. The van der Waals surface area contributed by atoms with Gasteiger partial charge in [0.15, 0.2) is 0 Å². The van der Waals surface area contributed by atoms with Gasteiger partial charge < -0.3 is 20.3 Å². The Bertz CT molecular complexity index is 958. The summed E-state index contributed by atoms with van der Waals surface area (Å²) < 4.78 is 11.3. The number of likely N-dealkylation sites (tertiary alicyclic amines) is 1. The lowest BCUT2D eigenvalue weighted by atomic mass is 9.87. The molecule has 2 unspecified atom stereocenters. The van der Waals surface area contributed by atoms with Gasteiger partial charge in [0.2, 0.25) is 5.91 Å². The van der Waals surface area contributed by atoms with Gasteiger partial charge in [-0.15, -0.1) is 0 Å². The van der Waals surface area contributed by atoms with Crippen LogP contribution in [-0.4, -0.2) is 55.8 Å². The van der Waals surface area contributed by atoms with Crippen molar-refractivity contribution in [2.45, 2.75) is 31.7 Å². The average molecular weight is 455 g/mol. The Kier molecular flexibility index (Phi) is 7.37. The van der Waals surface area contributed by atoms with Gasteiger partial charge in [-0.1, -0.05) is 12.1 Å². The summed E-state index contributed by atoms with van der Waals surface area (Å²) in [5.74, 6) is 1.75. The summed E-state index contributed by atoms with van der Waals surface area (Å²) >= 11 is 0. The van der Waals surface area contributed by atoms with Crippen LogP contribution in [0.1, 0.15) is 41.5 Å². The van der Waals surface area contributed by atoms with Crippen molar-refractivity contribution in [2.75, 3.05) is 39.9 Å². The number of nitrogens with one attached hydrogen (secondary N) is 2. The minimum Gasteiger partial charge on any atom is -0.507 e. The van der Waals surface area contributed by atoms with Crippen molar-refractivity contribution >= 4 is 5.91 Å². The largest absolute Gasteiger partial charge is 0.507 e. The molecule has 0 radical (unpaired) electrons. The fourth-order valence-electron chi connectivity index (χ4n) is 4.79. The number of aromatic hydroxyl groups is 1. The summed E-state index contributed by atoms with van der Waals surface area (Å²) in [5.41, 5.74) is 14.7. The van der Waals surface area contributed by atoms with Gasteiger partial charge in [0.05, 0.1) is 13.2 Å². The maximum absolute atomic E-state index is 11.3. The first-order chi connectivity index (χ1) is 16.0. The lowest BCUT2D eigenvalue weighted by molar-refractivity contribution is -0.123. The predicted molar refractivity (Wildman–Crippen MR) is 126 cm³/mol. The SMILES string of the molecule is COc1ccc(C2CNNC2c2ccc(OCCN3CCC(C(N)=O)CC3)c(C)c2O)cc1. The maximum atomic E-state index is 11.3. The summed E-state index contributed by atoms with van der Waals surface area (Å²) in [6, 6.07) is 11.9. The molecule has 2 aromatic rings. The van der Waals surface area contributed by atoms with Crippen LogP contribution in [0.25, 0.3) is 0 Å². The van der Waals surface area contributed by atoms with Crippen LogP contribution in [0.2, 0.25) is 0 Å². The van der Waals surface area contributed by atoms with Gasteiger partial charge in [0, 0.05) is 36.1 Å². The Morgan fingerprint density at radius 2 is 1.91 bits per heavy atom. The zero-order valence-corrected chi connectivity index (χ0v) is 19.3. The van der Waals surface area contributed by atoms with Gasteiger partial charge in [-0.05, 0) is 62.7 Å². The second-order valence-electron chi connectivity index (χ2n) is 8.88. The van der Waals surface area contributed by atoms with Gasteiger partial charge in [-0.2, -0.15) is 0 Å². The highest BCUT2D eigenvalue weighted by Gasteiger charge is 2.32. The Hall–Kier alpha value is -2.81. The van der Waals surface area contributed by atoms with E-state index in [1.54, 1.807) is 7.11 Å². The molecular weight excluding hydrogens is 420 g/mol. The normalized spacial score (nSPS) is 21.8. The van der Waals surface area contributed by atoms with E-state index in [1.165, 1.54) is 5.56 Å². The Morgan fingerprint density at radius 3 is 2.58 bits per heavy atom. The average Bonchev–Trinajstić information content (AvgIpc) is 3.32. The highest BCUT2D eigenvalue weighted by atomic mass is 16.5.